The summed E-state index contributed by atoms with van der Waals surface area (Å²) in [5.41, 5.74) is 1.92. The normalized spacial score (nSPS) is 19.2. The summed E-state index contributed by atoms with van der Waals surface area (Å²) in [5, 5.41) is 0. The number of ether oxygens (including phenoxy) is 1. The molecule has 2 aromatic carbocycles. The molecule has 2 heterocycles. The maximum atomic E-state index is 13.3. The summed E-state index contributed by atoms with van der Waals surface area (Å²) in [5.74, 6) is -0.389. The van der Waals surface area contributed by atoms with Crippen LogP contribution in [0.1, 0.15) is 33.0 Å². The van der Waals surface area contributed by atoms with Crippen LogP contribution in [0.4, 0.5) is 5.82 Å². The third kappa shape index (κ3) is 2.37. The fraction of sp³-hybridized carbons (Fsp3) is 0.182. The molecule has 1 aromatic heterocycles. The van der Waals surface area contributed by atoms with Gasteiger partial charge in [-0.1, -0.05) is 36.4 Å². The lowest BCUT2D eigenvalue weighted by Gasteiger charge is -2.29. The van der Waals surface area contributed by atoms with Gasteiger partial charge >= 0.3 is 5.69 Å². The Bertz CT molecular complexity index is 1330. The number of rotatable bonds is 2. The highest BCUT2D eigenvalue weighted by atomic mass is 16.5. The van der Waals surface area contributed by atoms with Crippen LogP contribution >= 0.6 is 0 Å². The molecule has 0 saturated heterocycles. The van der Waals surface area contributed by atoms with Gasteiger partial charge in [-0.05, 0) is 17.7 Å². The van der Waals surface area contributed by atoms with Gasteiger partial charge in [-0.15, -0.1) is 0 Å². The first-order valence-electron chi connectivity index (χ1n) is 9.20. The van der Waals surface area contributed by atoms with Gasteiger partial charge in [-0.25, -0.2) is 9.79 Å². The van der Waals surface area contributed by atoms with E-state index in [9.17, 15) is 14.4 Å². The number of hydrogen-bond acceptors (Lipinski definition) is 5. The molecule has 0 bridgehead atoms. The van der Waals surface area contributed by atoms with Crippen LogP contribution in [0, 0.1) is 5.92 Å². The predicted octanol–water partition coefficient (Wildman–Crippen LogP) is 2.16. The molecule has 0 radical (unpaired) electrons. The molecule has 7 heteroatoms. The molecule has 1 N–H and O–H groups in total. The minimum Gasteiger partial charge on any atom is -0.497 e. The average Bonchev–Trinajstić information content (AvgIpc) is 3.03. The predicted molar refractivity (Wildman–Crippen MR) is 108 cm³/mol. The maximum Gasteiger partial charge on any atom is 0.329 e. The number of aliphatic imine (C=N–C) groups is 1. The highest BCUT2D eigenvalue weighted by Gasteiger charge is 2.47. The van der Waals surface area contributed by atoms with E-state index in [4.69, 9.17) is 4.74 Å². The summed E-state index contributed by atoms with van der Waals surface area (Å²) in [6.45, 7) is 0. The second-order valence-electron chi connectivity index (χ2n) is 7.19. The molecular weight excluding hydrogens is 370 g/mol. The van der Waals surface area contributed by atoms with Crippen molar-refractivity contribution in [3.8, 4) is 5.75 Å². The van der Waals surface area contributed by atoms with E-state index in [1.165, 1.54) is 4.57 Å². The molecule has 7 nitrogen and oxygen atoms in total. The number of nitrogens with one attached hydrogen (secondary N) is 1. The van der Waals surface area contributed by atoms with Crippen molar-refractivity contribution in [2.75, 3.05) is 7.11 Å². The minimum atomic E-state index is -0.634. The summed E-state index contributed by atoms with van der Waals surface area (Å²) in [4.78, 5) is 45.4. The zero-order chi connectivity index (χ0) is 20.3. The summed E-state index contributed by atoms with van der Waals surface area (Å²) in [6, 6.07) is 14.6. The number of aromatic nitrogens is 2. The lowest BCUT2D eigenvalue weighted by atomic mass is 9.76. The number of Topliss-reactive ketones (excluding diaryl/α,β-unsaturated/α-hetero) is 1. The first kappa shape index (κ1) is 17.4. The summed E-state index contributed by atoms with van der Waals surface area (Å²) in [7, 11) is 3.13. The molecule has 1 aliphatic carbocycles. The van der Waals surface area contributed by atoms with Crippen LogP contribution < -0.4 is 16.0 Å². The molecule has 3 aromatic rings. The van der Waals surface area contributed by atoms with Crippen LogP contribution in [0.5, 0.6) is 5.75 Å². The molecule has 144 valence electrons. The van der Waals surface area contributed by atoms with Crippen LogP contribution in [-0.2, 0) is 7.05 Å². The van der Waals surface area contributed by atoms with Gasteiger partial charge < -0.3 is 4.74 Å². The zero-order valence-corrected chi connectivity index (χ0v) is 15.8. The number of H-pyrrole nitrogens is 1. The molecule has 29 heavy (non-hydrogen) atoms. The second kappa shape index (κ2) is 6.13. The van der Waals surface area contributed by atoms with E-state index in [1.54, 1.807) is 26.3 Å². The lowest BCUT2D eigenvalue weighted by molar-refractivity contribution is 0.0953. The lowest BCUT2D eigenvalue weighted by Crippen LogP contribution is -2.38. The van der Waals surface area contributed by atoms with Crippen molar-refractivity contribution in [1.29, 1.82) is 0 Å². The number of carbonyl (C=O) groups excluding carboxylic acids is 1. The van der Waals surface area contributed by atoms with Crippen LogP contribution in [0.15, 0.2) is 63.1 Å². The fourth-order valence-corrected chi connectivity index (χ4v) is 4.34. The van der Waals surface area contributed by atoms with Crippen LogP contribution in [0.2, 0.25) is 0 Å². The average molecular weight is 387 g/mol. The van der Waals surface area contributed by atoms with Gasteiger partial charge in [0.2, 0.25) is 0 Å². The van der Waals surface area contributed by atoms with Crippen molar-refractivity contribution in [1.82, 2.24) is 9.55 Å². The fourth-order valence-electron chi connectivity index (χ4n) is 4.34. The Balaban J connectivity index is 1.87. The number of aromatic amines is 1. The SMILES string of the molecule is COc1cccc([C@H]2c3c(n(C)c(=O)[nH]c3=O)N=C3c4ccccc4C(=O)[C@H]32)c1. The van der Waals surface area contributed by atoms with Crippen molar-refractivity contribution in [2.45, 2.75) is 5.92 Å². The van der Waals surface area contributed by atoms with Crippen molar-refractivity contribution >= 4 is 17.3 Å². The second-order valence-corrected chi connectivity index (χ2v) is 7.19. The van der Waals surface area contributed by atoms with Crippen LogP contribution in [0.25, 0.3) is 0 Å². The van der Waals surface area contributed by atoms with Gasteiger partial charge in [0, 0.05) is 24.1 Å². The number of ketones is 1. The third-order valence-corrected chi connectivity index (χ3v) is 5.70. The molecular formula is C22H17N3O4. The molecule has 2 aliphatic rings. The van der Waals surface area contributed by atoms with Crippen molar-refractivity contribution in [3.05, 3.63) is 91.6 Å². The molecule has 2 atom stereocenters. The number of hydrogen-bond donors (Lipinski definition) is 1. The number of carbonyl (C=O) groups is 1. The smallest absolute Gasteiger partial charge is 0.329 e. The van der Waals surface area contributed by atoms with Crippen LogP contribution in [0.3, 0.4) is 0 Å². The van der Waals surface area contributed by atoms with Gasteiger partial charge in [0.05, 0.1) is 24.3 Å². The quantitative estimate of drug-likeness (QED) is 0.729. The van der Waals surface area contributed by atoms with E-state index in [1.807, 2.05) is 36.4 Å². The van der Waals surface area contributed by atoms with E-state index in [0.717, 1.165) is 11.1 Å². The molecule has 1 aliphatic heterocycles. The largest absolute Gasteiger partial charge is 0.497 e. The summed E-state index contributed by atoms with van der Waals surface area (Å²) >= 11 is 0. The summed E-state index contributed by atoms with van der Waals surface area (Å²) in [6.07, 6.45) is 0. The highest BCUT2D eigenvalue weighted by Crippen LogP contribution is 2.46. The Morgan fingerprint density at radius 1 is 1.00 bits per heavy atom. The molecule has 5 rings (SSSR count). The van der Waals surface area contributed by atoms with E-state index < -0.39 is 23.1 Å². The van der Waals surface area contributed by atoms with Crippen LogP contribution in [-0.4, -0.2) is 28.2 Å². The Labute approximate surface area is 165 Å². The molecule has 0 spiro atoms. The zero-order valence-electron chi connectivity index (χ0n) is 15.8. The van der Waals surface area contributed by atoms with Gasteiger partial charge in [0.15, 0.2) is 5.78 Å². The van der Waals surface area contributed by atoms with Gasteiger partial charge in [-0.3, -0.25) is 19.1 Å². The van der Waals surface area contributed by atoms with Crippen molar-refractivity contribution in [2.24, 2.45) is 18.0 Å². The van der Waals surface area contributed by atoms with E-state index >= 15 is 0 Å². The number of methoxy groups -OCH3 is 1. The Kier molecular flexibility index (Phi) is 3.67. The minimum absolute atomic E-state index is 0.0777. The third-order valence-electron chi connectivity index (χ3n) is 5.70. The standard InChI is InChI=1S/C22H17N3O4/c1-25-20-17(21(27)24-22(25)28)15(11-6-5-7-12(10-11)29-2)16-18(23-20)13-8-3-4-9-14(13)19(16)26/h3-10,15-16H,1-2H3,(H,24,27,28)/t15-,16+/m1/s1. The topological polar surface area (TPSA) is 93.5 Å². The van der Waals surface area contributed by atoms with Crippen molar-refractivity contribution < 1.29 is 9.53 Å². The molecule has 0 saturated carbocycles. The molecule has 0 amide bonds. The van der Waals surface area contributed by atoms with E-state index in [-0.39, 0.29) is 11.6 Å². The van der Waals surface area contributed by atoms with Gasteiger partial charge in [0.1, 0.15) is 11.6 Å². The van der Waals surface area contributed by atoms with E-state index in [0.29, 0.717) is 22.6 Å². The highest BCUT2D eigenvalue weighted by molar-refractivity contribution is 6.30. The number of nitrogens with zero attached hydrogens (tertiary/aromatic N) is 2. The Morgan fingerprint density at radius 2 is 1.76 bits per heavy atom. The van der Waals surface area contributed by atoms with E-state index in [2.05, 4.69) is 9.98 Å². The van der Waals surface area contributed by atoms with Crippen molar-refractivity contribution in [3.63, 3.8) is 0 Å². The Hall–Kier alpha value is -3.74. The number of fused-ring (bicyclic) bond motifs is 4. The molecule has 0 fully saturated rings. The number of benzene rings is 2. The van der Waals surface area contributed by atoms with Gasteiger partial charge in [-0.2, -0.15) is 0 Å². The first-order chi connectivity index (χ1) is 14.0. The molecule has 0 unspecified atom stereocenters. The summed E-state index contributed by atoms with van der Waals surface area (Å²) < 4.78 is 6.67. The monoisotopic (exact) mass is 387 g/mol. The first-order valence-corrected chi connectivity index (χ1v) is 9.20. The van der Waals surface area contributed by atoms with Gasteiger partial charge in [0.25, 0.3) is 5.56 Å². The maximum absolute atomic E-state index is 13.3. The Morgan fingerprint density at radius 3 is 2.52 bits per heavy atom.